The summed E-state index contributed by atoms with van der Waals surface area (Å²) in [5.41, 5.74) is 0.972. The van der Waals surface area contributed by atoms with Crippen LogP contribution in [0.15, 0.2) is 0 Å². The SMILES string of the molecule is Cc1nc(N2CCOCC2)sc1-c1nc(=S)[nH][nH]1. The lowest BCUT2D eigenvalue weighted by molar-refractivity contribution is 0.122. The van der Waals surface area contributed by atoms with E-state index in [9.17, 15) is 0 Å². The van der Waals surface area contributed by atoms with Gasteiger partial charge in [-0.1, -0.05) is 11.3 Å². The number of anilines is 1. The molecule has 1 saturated heterocycles. The van der Waals surface area contributed by atoms with Crippen LogP contribution in [0.5, 0.6) is 0 Å². The Hall–Kier alpha value is -1.25. The fraction of sp³-hybridized carbons (Fsp3) is 0.500. The van der Waals surface area contributed by atoms with Gasteiger partial charge in [0.15, 0.2) is 11.0 Å². The average molecular weight is 283 g/mol. The highest BCUT2D eigenvalue weighted by atomic mass is 32.1. The largest absolute Gasteiger partial charge is 0.378 e. The number of ether oxygens (including phenoxy) is 1. The number of hydrogen-bond donors (Lipinski definition) is 2. The summed E-state index contributed by atoms with van der Waals surface area (Å²) in [5, 5.41) is 6.79. The second-order valence-electron chi connectivity index (χ2n) is 4.03. The third-order valence-corrected chi connectivity index (χ3v) is 4.20. The van der Waals surface area contributed by atoms with Gasteiger partial charge in [0, 0.05) is 13.1 Å². The Morgan fingerprint density at radius 3 is 2.72 bits per heavy atom. The third-order valence-electron chi connectivity index (χ3n) is 2.78. The summed E-state index contributed by atoms with van der Waals surface area (Å²) >= 11 is 6.60. The smallest absolute Gasteiger partial charge is 0.213 e. The Morgan fingerprint density at radius 2 is 2.06 bits per heavy atom. The maximum Gasteiger partial charge on any atom is 0.213 e. The Balaban J connectivity index is 1.92. The number of thiazole rings is 1. The molecule has 0 aromatic carbocycles. The monoisotopic (exact) mass is 283 g/mol. The minimum absolute atomic E-state index is 0.464. The van der Waals surface area contributed by atoms with E-state index in [1.54, 1.807) is 11.3 Å². The summed E-state index contributed by atoms with van der Waals surface area (Å²) in [6.07, 6.45) is 0. The zero-order valence-electron chi connectivity index (χ0n) is 9.89. The van der Waals surface area contributed by atoms with E-state index in [4.69, 9.17) is 17.0 Å². The van der Waals surface area contributed by atoms with Crippen LogP contribution >= 0.6 is 23.6 Å². The van der Waals surface area contributed by atoms with E-state index in [1.165, 1.54) is 0 Å². The predicted molar refractivity (Wildman–Crippen MR) is 72.6 cm³/mol. The third kappa shape index (κ3) is 2.18. The van der Waals surface area contributed by atoms with Crippen molar-refractivity contribution in [1.29, 1.82) is 0 Å². The quantitative estimate of drug-likeness (QED) is 0.822. The lowest BCUT2D eigenvalue weighted by atomic mass is 10.4. The van der Waals surface area contributed by atoms with Gasteiger partial charge in [0.2, 0.25) is 4.77 Å². The zero-order chi connectivity index (χ0) is 12.5. The molecule has 0 radical (unpaired) electrons. The van der Waals surface area contributed by atoms with Crippen LogP contribution in [0.3, 0.4) is 0 Å². The van der Waals surface area contributed by atoms with Gasteiger partial charge in [0.25, 0.3) is 0 Å². The molecule has 0 amide bonds. The maximum absolute atomic E-state index is 5.34. The standard InChI is InChI=1S/C10H13N5OS2/c1-6-7(8-12-9(17)14-13-8)18-10(11-6)15-2-4-16-5-3-15/h2-5H2,1H3,(H2,12,13,14,17). The Bertz CT molecular complexity index is 595. The van der Waals surface area contributed by atoms with E-state index in [0.717, 1.165) is 47.8 Å². The first-order chi connectivity index (χ1) is 8.74. The topological polar surface area (TPSA) is 69.8 Å². The highest BCUT2D eigenvalue weighted by Gasteiger charge is 2.18. The molecule has 0 aliphatic carbocycles. The fourth-order valence-electron chi connectivity index (χ4n) is 1.87. The molecule has 2 aromatic rings. The number of rotatable bonds is 2. The summed E-state index contributed by atoms with van der Waals surface area (Å²) in [6, 6.07) is 0. The molecule has 3 rings (SSSR count). The van der Waals surface area contributed by atoms with Gasteiger partial charge in [0.1, 0.15) is 0 Å². The summed E-state index contributed by atoms with van der Waals surface area (Å²) in [4.78, 5) is 12.1. The summed E-state index contributed by atoms with van der Waals surface area (Å²) in [7, 11) is 0. The molecule has 1 fully saturated rings. The number of aromatic amines is 2. The first-order valence-electron chi connectivity index (χ1n) is 5.69. The fourth-order valence-corrected chi connectivity index (χ4v) is 3.08. The molecule has 1 aliphatic heterocycles. The molecule has 6 nitrogen and oxygen atoms in total. The highest BCUT2D eigenvalue weighted by Crippen LogP contribution is 2.32. The van der Waals surface area contributed by atoms with Crippen LogP contribution < -0.4 is 4.90 Å². The number of morpholine rings is 1. The van der Waals surface area contributed by atoms with Gasteiger partial charge in [-0.25, -0.2) is 4.98 Å². The summed E-state index contributed by atoms with van der Waals surface area (Å²) in [5.74, 6) is 0.759. The number of H-pyrrole nitrogens is 2. The molecular weight excluding hydrogens is 270 g/mol. The van der Waals surface area contributed by atoms with E-state index < -0.39 is 0 Å². The molecule has 0 unspecified atom stereocenters. The van der Waals surface area contributed by atoms with Crippen molar-refractivity contribution in [3.8, 4) is 10.7 Å². The minimum atomic E-state index is 0.464. The van der Waals surface area contributed by atoms with Crippen molar-refractivity contribution in [2.24, 2.45) is 0 Å². The van der Waals surface area contributed by atoms with Gasteiger partial charge in [-0.2, -0.15) is 4.98 Å². The van der Waals surface area contributed by atoms with Crippen molar-refractivity contribution in [1.82, 2.24) is 20.2 Å². The number of aromatic nitrogens is 4. The molecular formula is C10H13N5OS2. The van der Waals surface area contributed by atoms with Crippen LogP contribution in [0.2, 0.25) is 0 Å². The van der Waals surface area contributed by atoms with Crippen LogP contribution in [-0.2, 0) is 4.74 Å². The second-order valence-corrected chi connectivity index (χ2v) is 5.39. The number of nitrogens with zero attached hydrogens (tertiary/aromatic N) is 3. The summed E-state index contributed by atoms with van der Waals surface area (Å²) in [6.45, 7) is 5.30. The molecule has 0 bridgehead atoms. The van der Waals surface area contributed by atoms with Crippen molar-refractivity contribution < 1.29 is 4.74 Å². The van der Waals surface area contributed by atoms with E-state index in [1.807, 2.05) is 6.92 Å². The van der Waals surface area contributed by atoms with E-state index in [-0.39, 0.29) is 0 Å². The van der Waals surface area contributed by atoms with Crippen molar-refractivity contribution in [2.45, 2.75) is 6.92 Å². The molecule has 0 spiro atoms. The van der Waals surface area contributed by atoms with Gasteiger partial charge >= 0.3 is 0 Å². The predicted octanol–water partition coefficient (Wildman–Crippen LogP) is 1.74. The first-order valence-corrected chi connectivity index (χ1v) is 6.91. The van der Waals surface area contributed by atoms with Gasteiger partial charge in [0.05, 0.1) is 23.8 Å². The maximum atomic E-state index is 5.34. The molecule has 0 saturated carbocycles. The van der Waals surface area contributed by atoms with E-state index in [2.05, 4.69) is 25.1 Å². The summed E-state index contributed by atoms with van der Waals surface area (Å²) < 4.78 is 5.81. The molecule has 2 aromatic heterocycles. The number of nitrogens with one attached hydrogen (secondary N) is 2. The van der Waals surface area contributed by atoms with Crippen LogP contribution in [0.25, 0.3) is 10.7 Å². The molecule has 1 aliphatic rings. The molecule has 8 heteroatoms. The van der Waals surface area contributed by atoms with Crippen molar-refractivity contribution in [2.75, 3.05) is 31.2 Å². The van der Waals surface area contributed by atoms with Crippen molar-refractivity contribution in [3.63, 3.8) is 0 Å². The lowest BCUT2D eigenvalue weighted by Crippen LogP contribution is -2.36. The number of aryl methyl sites for hydroxylation is 1. The normalized spacial score (nSPS) is 16.2. The Kier molecular flexibility index (Phi) is 3.14. The van der Waals surface area contributed by atoms with Crippen LogP contribution in [0.4, 0.5) is 5.13 Å². The Labute approximate surface area is 113 Å². The van der Waals surface area contributed by atoms with Crippen LogP contribution in [-0.4, -0.2) is 46.5 Å². The first kappa shape index (κ1) is 11.8. The number of hydrogen-bond acceptors (Lipinski definition) is 6. The van der Waals surface area contributed by atoms with Crippen LogP contribution in [0, 0.1) is 11.7 Å². The minimum Gasteiger partial charge on any atom is -0.378 e. The molecule has 18 heavy (non-hydrogen) atoms. The Morgan fingerprint density at radius 1 is 1.28 bits per heavy atom. The van der Waals surface area contributed by atoms with Gasteiger partial charge in [-0.05, 0) is 19.1 Å². The van der Waals surface area contributed by atoms with Gasteiger partial charge in [-0.3, -0.25) is 10.2 Å². The molecule has 96 valence electrons. The zero-order valence-corrected chi connectivity index (χ0v) is 11.5. The molecule has 2 N–H and O–H groups in total. The average Bonchev–Trinajstić information content (AvgIpc) is 2.97. The molecule has 3 heterocycles. The molecule has 0 atom stereocenters. The van der Waals surface area contributed by atoms with Crippen molar-refractivity contribution in [3.05, 3.63) is 10.5 Å². The van der Waals surface area contributed by atoms with E-state index >= 15 is 0 Å². The lowest BCUT2D eigenvalue weighted by Gasteiger charge is -2.25. The van der Waals surface area contributed by atoms with Gasteiger partial charge in [-0.15, -0.1) is 0 Å². The second kappa shape index (κ2) is 4.79. The van der Waals surface area contributed by atoms with Crippen LogP contribution in [0.1, 0.15) is 5.69 Å². The van der Waals surface area contributed by atoms with Crippen molar-refractivity contribution >= 4 is 28.7 Å². The van der Waals surface area contributed by atoms with E-state index in [0.29, 0.717) is 4.77 Å². The highest BCUT2D eigenvalue weighted by molar-refractivity contribution is 7.71. The van der Waals surface area contributed by atoms with Gasteiger partial charge < -0.3 is 9.64 Å².